The average molecular weight is 320 g/mol. The van der Waals surface area contributed by atoms with Crippen LogP contribution in [0, 0.1) is 18.8 Å². The molecule has 2 atom stereocenters. The second-order valence-electron chi connectivity index (χ2n) is 6.24. The molecule has 1 aromatic rings. The van der Waals surface area contributed by atoms with E-state index in [0.717, 1.165) is 16.9 Å². The van der Waals surface area contributed by atoms with Gasteiger partial charge in [0.05, 0.1) is 13.0 Å². The van der Waals surface area contributed by atoms with Crippen LogP contribution in [0.3, 0.4) is 0 Å². The number of hydrogen-bond acceptors (Lipinski definition) is 3. The molecule has 1 aliphatic heterocycles. The summed E-state index contributed by atoms with van der Waals surface area (Å²) in [5, 5.41) is 12.0. The van der Waals surface area contributed by atoms with Crippen LogP contribution in [0.4, 0.5) is 4.79 Å². The van der Waals surface area contributed by atoms with Gasteiger partial charge < -0.3 is 20.1 Å². The Kier molecular flexibility index (Phi) is 5.47. The van der Waals surface area contributed by atoms with Gasteiger partial charge in [0, 0.05) is 19.6 Å². The lowest BCUT2D eigenvalue weighted by Crippen LogP contribution is -2.49. The largest absolute Gasteiger partial charge is 0.496 e. The summed E-state index contributed by atoms with van der Waals surface area (Å²) in [5.41, 5.74) is 1.98. The topological polar surface area (TPSA) is 78.9 Å². The Hall–Kier alpha value is -2.24. The predicted octanol–water partition coefficient (Wildman–Crippen LogP) is 2.26. The number of piperidine rings is 1. The Morgan fingerprint density at radius 2 is 2.13 bits per heavy atom. The molecule has 0 aromatic heterocycles. The second-order valence-corrected chi connectivity index (χ2v) is 6.24. The first kappa shape index (κ1) is 17.1. The number of aryl methyl sites for hydroxylation is 1. The molecule has 23 heavy (non-hydrogen) atoms. The minimum absolute atomic E-state index is 0.190. The van der Waals surface area contributed by atoms with Crippen molar-refractivity contribution < 1.29 is 19.4 Å². The van der Waals surface area contributed by atoms with Gasteiger partial charge in [-0.25, -0.2) is 4.79 Å². The summed E-state index contributed by atoms with van der Waals surface area (Å²) in [7, 11) is 1.62. The van der Waals surface area contributed by atoms with Gasteiger partial charge in [0.25, 0.3) is 0 Å². The maximum Gasteiger partial charge on any atom is 0.317 e. The smallest absolute Gasteiger partial charge is 0.317 e. The highest BCUT2D eigenvalue weighted by Gasteiger charge is 2.31. The summed E-state index contributed by atoms with van der Waals surface area (Å²) in [6.45, 7) is 5.18. The molecular formula is C17H24N2O4. The first-order chi connectivity index (χ1) is 10.9. The molecule has 1 aliphatic rings. The Morgan fingerprint density at radius 1 is 1.39 bits per heavy atom. The quantitative estimate of drug-likeness (QED) is 0.892. The fourth-order valence-corrected chi connectivity index (χ4v) is 2.96. The van der Waals surface area contributed by atoms with E-state index < -0.39 is 11.9 Å². The van der Waals surface area contributed by atoms with Crippen molar-refractivity contribution in [1.29, 1.82) is 0 Å². The number of methoxy groups -OCH3 is 1. The van der Waals surface area contributed by atoms with Crippen molar-refractivity contribution in [2.45, 2.75) is 26.8 Å². The van der Waals surface area contributed by atoms with Crippen LogP contribution in [0.2, 0.25) is 0 Å². The van der Waals surface area contributed by atoms with Crippen LogP contribution in [-0.4, -0.2) is 42.2 Å². The Labute approximate surface area is 136 Å². The number of rotatable bonds is 4. The van der Waals surface area contributed by atoms with Crippen LogP contribution in [0.5, 0.6) is 5.75 Å². The average Bonchev–Trinajstić information content (AvgIpc) is 2.53. The number of carboxylic acid groups (broad SMARTS) is 1. The summed E-state index contributed by atoms with van der Waals surface area (Å²) >= 11 is 0. The lowest BCUT2D eigenvalue weighted by atomic mass is 9.91. The molecule has 2 N–H and O–H groups in total. The molecule has 0 radical (unpaired) electrons. The molecular weight excluding hydrogens is 296 g/mol. The fourth-order valence-electron chi connectivity index (χ4n) is 2.96. The third kappa shape index (κ3) is 4.37. The molecule has 2 rings (SSSR count). The van der Waals surface area contributed by atoms with Crippen LogP contribution in [0.25, 0.3) is 0 Å². The van der Waals surface area contributed by atoms with Gasteiger partial charge in [-0.15, -0.1) is 0 Å². The standard InChI is InChI=1S/C17H24N2O4/c1-11-6-14(16(20)21)10-19(9-11)17(22)18-8-13-5-4-12(2)15(7-13)23-3/h4-5,7,11,14H,6,8-10H2,1-3H3,(H,18,22)(H,20,21). The molecule has 0 bridgehead atoms. The number of urea groups is 1. The lowest BCUT2D eigenvalue weighted by molar-refractivity contribution is -0.143. The zero-order valence-corrected chi connectivity index (χ0v) is 13.8. The Balaban J connectivity index is 1.95. The van der Waals surface area contributed by atoms with E-state index in [2.05, 4.69) is 5.32 Å². The molecule has 6 heteroatoms. The van der Waals surface area contributed by atoms with Crippen molar-refractivity contribution in [3.63, 3.8) is 0 Å². The number of carboxylic acids is 1. The molecule has 1 saturated heterocycles. The molecule has 6 nitrogen and oxygen atoms in total. The summed E-state index contributed by atoms with van der Waals surface area (Å²) in [6.07, 6.45) is 0.619. The van der Waals surface area contributed by atoms with Gasteiger partial charge in [-0.1, -0.05) is 19.1 Å². The van der Waals surface area contributed by atoms with E-state index in [1.54, 1.807) is 12.0 Å². The van der Waals surface area contributed by atoms with E-state index >= 15 is 0 Å². The van der Waals surface area contributed by atoms with Gasteiger partial charge in [0.1, 0.15) is 5.75 Å². The zero-order chi connectivity index (χ0) is 17.0. The number of hydrogen-bond donors (Lipinski definition) is 2. The molecule has 2 unspecified atom stereocenters. The highest BCUT2D eigenvalue weighted by molar-refractivity contribution is 5.76. The number of carbonyl (C=O) groups excluding carboxylic acids is 1. The number of carbonyl (C=O) groups is 2. The van der Waals surface area contributed by atoms with Crippen molar-refractivity contribution >= 4 is 12.0 Å². The van der Waals surface area contributed by atoms with E-state index in [1.807, 2.05) is 32.0 Å². The van der Waals surface area contributed by atoms with Crippen molar-refractivity contribution in [3.05, 3.63) is 29.3 Å². The molecule has 0 aliphatic carbocycles. The normalized spacial score (nSPS) is 20.9. The minimum atomic E-state index is -0.836. The minimum Gasteiger partial charge on any atom is -0.496 e. The Bertz CT molecular complexity index is 588. The van der Waals surface area contributed by atoms with Gasteiger partial charge in [-0.05, 0) is 36.5 Å². The summed E-state index contributed by atoms with van der Waals surface area (Å²) in [6, 6.07) is 5.57. The van der Waals surface area contributed by atoms with E-state index in [1.165, 1.54) is 0 Å². The van der Waals surface area contributed by atoms with Crippen molar-refractivity contribution in [1.82, 2.24) is 10.2 Å². The molecule has 1 heterocycles. The van der Waals surface area contributed by atoms with E-state index in [4.69, 9.17) is 4.74 Å². The number of aliphatic carboxylic acids is 1. The predicted molar refractivity (Wildman–Crippen MR) is 86.4 cm³/mol. The monoisotopic (exact) mass is 320 g/mol. The highest BCUT2D eigenvalue weighted by atomic mass is 16.5. The molecule has 2 amide bonds. The number of nitrogens with zero attached hydrogens (tertiary/aromatic N) is 1. The summed E-state index contributed by atoms with van der Waals surface area (Å²) in [5.74, 6) is -0.342. The zero-order valence-electron chi connectivity index (χ0n) is 13.8. The van der Waals surface area contributed by atoms with Crippen LogP contribution >= 0.6 is 0 Å². The summed E-state index contributed by atoms with van der Waals surface area (Å²) in [4.78, 5) is 25.1. The van der Waals surface area contributed by atoms with Crippen molar-refractivity contribution in [2.75, 3.05) is 20.2 Å². The van der Waals surface area contributed by atoms with Gasteiger partial charge in [0.2, 0.25) is 0 Å². The van der Waals surface area contributed by atoms with Crippen molar-refractivity contribution in [2.24, 2.45) is 11.8 Å². The third-order valence-corrected chi connectivity index (χ3v) is 4.21. The van der Waals surface area contributed by atoms with E-state index in [0.29, 0.717) is 19.5 Å². The van der Waals surface area contributed by atoms with Gasteiger partial charge in [-0.2, -0.15) is 0 Å². The van der Waals surface area contributed by atoms with Gasteiger partial charge in [-0.3, -0.25) is 4.79 Å². The van der Waals surface area contributed by atoms with E-state index in [9.17, 15) is 14.7 Å². The van der Waals surface area contributed by atoms with Crippen LogP contribution < -0.4 is 10.1 Å². The fraction of sp³-hybridized carbons (Fsp3) is 0.529. The third-order valence-electron chi connectivity index (χ3n) is 4.21. The molecule has 0 spiro atoms. The lowest BCUT2D eigenvalue weighted by Gasteiger charge is -2.34. The summed E-state index contributed by atoms with van der Waals surface area (Å²) < 4.78 is 5.27. The molecule has 126 valence electrons. The van der Waals surface area contributed by atoms with Crippen molar-refractivity contribution in [3.8, 4) is 5.75 Å². The van der Waals surface area contributed by atoms with Crippen LogP contribution in [-0.2, 0) is 11.3 Å². The first-order valence-electron chi connectivity index (χ1n) is 7.79. The molecule has 0 saturated carbocycles. The number of amides is 2. The number of benzene rings is 1. The highest BCUT2D eigenvalue weighted by Crippen LogP contribution is 2.22. The van der Waals surface area contributed by atoms with Crippen LogP contribution in [0.1, 0.15) is 24.5 Å². The van der Waals surface area contributed by atoms with Gasteiger partial charge in [0.15, 0.2) is 0 Å². The SMILES string of the molecule is COc1cc(CNC(=O)N2CC(C)CC(C(=O)O)C2)ccc1C. The maximum absolute atomic E-state index is 12.3. The van der Waals surface area contributed by atoms with Gasteiger partial charge >= 0.3 is 12.0 Å². The maximum atomic E-state index is 12.3. The molecule has 1 fully saturated rings. The second kappa shape index (κ2) is 7.35. The number of ether oxygens (including phenoxy) is 1. The number of nitrogens with one attached hydrogen (secondary N) is 1. The van der Waals surface area contributed by atoms with E-state index in [-0.39, 0.29) is 18.5 Å². The van der Waals surface area contributed by atoms with Crippen LogP contribution in [0.15, 0.2) is 18.2 Å². The molecule has 1 aromatic carbocycles. The number of likely N-dealkylation sites (tertiary alicyclic amines) is 1. The Morgan fingerprint density at radius 3 is 2.78 bits per heavy atom. The first-order valence-corrected chi connectivity index (χ1v) is 7.79.